The average molecular weight is 255 g/mol. The Hall–Kier alpha value is -1.42. The van der Waals surface area contributed by atoms with E-state index < -0.39 is 6.09 Å². The Labute approximate surface area is 105 Å². The van der Waals surface area contributed by atoms with Gasteiger partial charge in [-0.25, -0.2) is 4.79 Å². The Morgan fingerprint density at radius 3 is 2.71 bits per heavy atom. The first-order chi connectivity index (χ1) is 8.13. The highest BCUT2D eigenvalue weighted by molar-refractivity contribution is 6.33. The minimum absolute atomic E-state index is 0.232. The van der Waals surface area contributed by atoms with E-state index in [0.717, 1.165) is 12.2 Å². The van der Waals surface area contributed by atoms with Gasteiger partial charge in [0.25, 0.3) is 0 Å². The van der Waals surface area contributed by atoms with Crippen molar-refractivity contribution >= 4 is 23.4 Å². The van der Waals surface area contributed by atoms with Crippen molar-refractivity contribution in [2.45, 2.75) is 13.0 Å². The lowest BCUT2D eigenvalue weighted by atomic mass is 10.1. The van der Waals surface area contributed by atoms with Gasteiger partial charge in [0.2, 0.25) is 0 Å². The average Bonchev–Trinajstić information content (AvgIpc) is 2.23. The molecular formula is C12H15ClN2O2. The van der Waals surface area contributed by atoms with Crippen LogP contribution in [-0.2, 0) is 0 Å². The number of hydrogen-bond donors (Lipinski definition) is 1. The number of hydrogen-bond acceptors (Lipinski definition) is 2. The number of likely N-dealkylation sites (N-methyl/N-ethyl adjacent to an activating group) is 1. The zero-order valence-electron chi connectivity index (χ0n) is 9.64. The van der Waals surface area contributed by atoms with Crippen LogP contribution in [-0.4, -0.2) is 41.8 Å². The molecule has 1 aliphatic rings. The maximum Gasteiger partial charge on any atom is 0.407 e. The van der Waals surface area contributed by atoms with Crippen LogP contribution in [0, 0.1) is 0 Å². The molecule has 1 N–H and O–H groups in total. The van der Waals surface area contributed by atoms with Gasteiger partial charge in [-0.2, -0.15) is 0 Å². The molecule has 2 rings (SSSR count). The summed E-state index contributed by atoms with van der Waals surface area (Å²) in [6.45, 7) is 3.97. The number of carbonyl (C=O) groups is 1. The fourth-order valence-corrected chi connectivity index (χ4v) is 2.36. The molecule has 1 fully saturated rings. The number of amides is 1. The molecule has 17 heavy (non-hydrogen) atoms. The SMILES string of the molecule is CCN(c1ccccc1Cl)C1CN(C(=O)O)C1. The van der Waals surface area contributed by atoms with E-state index in [2.05, 4.69) is 4.90 Å². The maximum atomic E-state index is 10.7. The zero-order valence-corrected chi connectivity index (χ0v) is 10.4. The summed E-state index contributed by atoms with van der Waals surface area (Å²) in [6, 6.07) is 7.89. The number of halogens is 1. The molecule has 0 saturated carbocycles. The molecular weight excluding hydrogens is 240 g/mol. The monoisotopic (exact) mass is 254 g/mol. The summed E-state index contributed by atoms with van der Waals surface area (Å²) in [5.41, 5.74) is 0.978. The molecule has 4 nitrogen and oxygen atoms in total. The molecule has 1 amide bonds. The van der Waals surface area contributed by atoms with Crippen molar-refractivity contribution in [1.82, 2.24) is 4.90 Å². The highest BCUT2D eigenvalue weighted by Crippen LogP contribution is 2.29. The first-order valence-corrected chi connectivity index (χ1v) is 6.00. The lowest BCUT2D eigenvalue weighted by molar-refractivity contribution is 0.104. The second kappa shape index (κ2) is 4.84. The number of anilines is 1. The zero-order chi connectivity index (χ0) is 12.4. The first kappa shape index (κ1) is 12.0. The molecule has 0 aliphatic carbocycles. The van der Waals surface area contributed by atoms with E-state index in [1.54, 1.807) is 0 Å². The standard InChI is InChI=1S/C12H15ClN2O2/c1-2-15(9-7-14(8-9)12(16)17)11-6-4-3-5-10(11)13/h3-6,9H,2,7-8H2,1H3,(H,16,17). The second-order valence-corrected chi connectivity index (χ2v) is 4.49. The Morgan fingerprint density at radius 1 is 1.53 bits per heavy atom. The summed E-state index contributed by atoms with van der Waals surface area (Å²) >= 11 is 6.15. The van der Waals surface area contributed by atoms with Gasteiger partial charge < -0.3 is 14.9 Å². The molecule has 1 aromatic rings. The molecule has 0 unspecified atom stereocenters. The lowest BCUT2D eigenvalue weighted by Gasteiger charge is -2.44. The Balaban J connectivity index is 2.09. The number of rotatable bonds is 3. The van der Waals surface area contributed by atoms with Gasteiger partial charge in [0.15, 0.2) is 0 Å². The summed E-state index contributed by atoms with van der Waals surface area (Å²) in [6.07, 6.45) is -0.850. The van der Waals surface area contributed by atoms with Crippen LogP contribution in [0.15, 0.2) is 24.3 Å². The van der Waals surface area contributed by atoms with Gasteiger partial charge in [-0.1, -0.05) is 23.7 Å². The van der Waals surface area contributed by atoms with E-state index in [0.29, 0.717) is 18.1 Å². The number of likely N-dealkylation sites (tertiary alicyclic amines) is 1. The molecule has 5 heteroatoms. The van der Waals surface area contributed by atoms with Crippen LogP contribution in [0.4, 0.5) is 10.5 Å². The summed E-state index contributed by atoms with van der Waals surface area (Å²) in [5, 5.41) is 9.52. The normalized spacial score (nSPS) is 15.5. The maximum absolute atomic E-state index is 10.7. The van der Waals surface area contributed by atoms with Gasteiger partial charge in [0, 0.05) is 19.6 Å². The first-order valence-electron chi connectivity index (χ1n) is 5.62. The molecule has 0 aromatic heterocycles. The molecule has 0 bridgehead atoms. The summed E-state index contributed by atoms with van der Waals surface area (Å²) in [7, 11) is 0. The van der Waals surface area contributed by atoms with Crippen molar-refractivity contribution < 1.29 is 9.90 Å². The smallest absolute Gasteiger partial charge is 0.407 e. The van der Waals surface area contributed by atoms with Crippen LogP contribution < -0.4 is 4.90 Å². The molecule has 0 spiro atoms. The van der Waals surface area contributed by atoms with Crippen LogP contribution in [0.3, 0.4) is 0 Å². The van der Waals surface area contributed by atoms with Crippen LogP contribution in [0.5, 0.6) is 0 Å². The highest BCUT2D eigenvalue weighted by Gasteiger charge is 2.34. The Morgan fingerprint density at radius 2 is 2.18 bits per heavy atom. The fraction of sp³-hybridized carbons (Fsp3) is 0.417. The summed E-state index contributed by atoms with van der Waals surface area (Å²) < 4.78 is 0. The van der Waals surface area contributed by atoms with Crippen LogP contribution >= 0.6 is 11.6 Å². The lowest BCUT2D eigenvalue weighted by Crippen LogP contribution is -2.61. The minimum atomic E-state index is -0.850. The van der Waals surface area contributed by atoms with Crippen LogP contribution in [0.2, 0.25) is 5.02 Å². The molecule has 0 atom stereocenters. The Kier molecular flexibility index (Phi) is 3.43. The van der Waals surface area contributed by atoms with Gasteiger partial charge in [0.05, 0.1) is 16.8 Å². The highest BCUT2D eigenvalue weighted by atomic mass is 35.5. The van der Waals surface area contributed by atoms with Gasteiger partial charge in [-0.3, -0.25) is 0 Å². The third-order valence-electron chi connectivity index (χ3n) is 3.08. The fourth-order valence-electron chi connectivity index (χ4n) is 2.12. The van der Waals surface area contributed by atoms with E-state index in [1.807, 2.05) is 31.2 Å². The quantitative estimate of drug-likeness (QED) is 0.902. The van der Waals surface area contributed by atoms with Crippen molar-refractivity contribution in [3.05, 3.63) is 29.3 Å². The number of benzene rings is 1. The molecule has 1 heterocycles. The minimum Gasteiger partial charge on any atom is -0.465 e. The van der Waals surface area contributed by atoms with Crippen molar-refractivity contribution in [3.63, 3.8) is 0 Å². The van der Waals surface area contributed by atoms with E-state index in [4.69, 9.17) is 16.7 Å². The predicted molar refractivity (Wildman–Crippen MR) is 67.9 cm³/mol. The predicted octanol–water partition coefficient (Wildman–Crippen LogP) is 2.53. The molecule has 92 valence electrons. The van der Waals surface area contributed by atoms with E-state index >= 15 is 0 Å². The van der Waals surface area contributed by atoms with Gasteiger partial charge in [-0.05, 0) is 19.1 Å². The largest absolute Gasteiger partial charge is 0.465 e. The second-order valence-electron chi connectivity index (χ2n) is 4.08. The third-order valence-corrected chi connectivity index (χ3v) is 3.40. The van der Waals surface area contributed by atoms with Crippen molar-refractivity contribution in [1.29, 1.82) is 0 Å². The summed E-state index contributed by atoms with van der Waals surface area (Å²) in [5.74, 6) is 0. The Bertz CT molecular complexity index is 419. The molecule has 0 radical (unpaired) electrons. The van der Waals surface area contributed by atoms with Crippen LogP contribution in [0.25, 0.3) is 0 Å². The van der Waals surface area contributed by atoms with Crippen molar-refractivity contribution in [2.75, 3.05) is 24.5 Å². The van der Waals surface area contributed by atoms with E-state index in [9.17, 15) is 4.79 Å². The van der Waals surface area contributed by atoms with E-state index in [1.165, 1.54) is 4.90 Å². The van der Waals surface area contributed by atoms with E-state index in [-0.39, 0.29) is 6.04 Å². The molecule has 1 aromatic carbocycles. The van der Waals surface area contributed by atoms with Crippen LogP contribution in [0.1, 0.15) is 6.92 Å². The topological polar surface area (TPSA) is 43.8 Å². The van der Waals surface area contributed by atoms with Crippen molar-refractivity contribution in [3.8, 4) is 0 Å². The molecule has 1 saturated heterocycles. The number of carboxylic acid groups (broad SMARTS) is 1. The van der Waals surface area contributed by atoms with Crippen molar-refractivity contribution in [2.24, 2.45) is 0 Å². The number of para-hydroxylation sites is 1. The summed E-state index contributed by atoms with van der Waals surface area (Å²) in [4.78, 5) is 14.3. The van der Waals surface area contributed by atoms with Gasteiger partial charge in [0.1, 0.15) is 0 Å². The molecule has 1 aliphatic heterocycles. The van der Waals surface area contributed by atoms with Gasteiger partial charge in [-0.15, -0.1) is 0 Å². The third kappa shape index (κ3) is 2.31. The number of nitrogens with zero attached hydrogens (tertiary/aromatic N) is 2. The van der Waals surface area contributed by atoms with Gasteiger partial charge >= 0.3 is 6.09 Å².